The second-order valence-electron chi connectivity index (χ2n) is 6.44. The van der Waals surface area contributed by atoms with Crippen LogP contribution in [0.15, 0.2) is 30.3 Å². The van der Waals surface area contributed by atoms with Crippen molar-refractivity contribution in [1.82, 2.24) is 9.47 Å². The van der Waals surface area contributed by atoms with Crippen LogP contribution in [0.3, 0.4) is 0 Å². The number of amides is 2. The molecule has 5 heteroatoms. The Hall–Kier alpha value is -1.94. The standard InChI is InChI=1S/C19H24ClN3O/c1-4-5-17-18-9-7-14(3)22(18)10-11-23(17)19(24)21-15-8-6-13(2)16(20)12-15/h6-9,12,17H,4-5,10-11H2,1-3H3,(H,21,24)/t17-/m1/s1. The molecule has 1 aromatic carbocycles. The molecule has 24 heavy (non-hydrogen) atoms. The lowest BCUT2D eigenvalue weighted by molar-refractivity contribution is 0.162. The highest BCUT2D eigenvalue weighted by Gasteiger charge is 2.31. The van der Waals surface area contributed by atoms with Gasteiger partial charge in [-0.25, -0.2) is 4.79 Å². The number of benzene rings is 1. The summed E-state index contributed by atoms with van der Waals surface area (Å²) in [5.41, 5.74) is 4.24. The van der Waals surface area contributed by atoms with E-state index >= 15 is 0 Å². The molecule has 0 spiro atoms. The van der Waals surface area contributed by atoms with Gasteiger partial charge >= 0.3 is 6.03 Å². The van der Waals surface area contributed by atoms with Crippen LogP contribution < -0.4 is 5.32 Å². The molecule has 3 rings (SSSR count). The van der Waals surface area contributed by atoms with Gasteiger partial charge in [0.05, 0.1) is 6.04 Å². The minimum atomic E-state index is -0.0570. The van der Waals surface area contributed by atoms with Crippen LogP contribution in [0, 0.1) is 13.8 Å². The monoisotopic (exact) mass is 345 g/mol. The van der Waals surface area contributed by atoms with Crippen LogP contribution in [0.1, 0.15) is 42.8 Å². The lowest BCUT2D eigenvalue weighted by Crippen LogP contribution is -2.44. The molecule has 1 atom stereocenters. The molecule has 0 saturated carbocycles. The maximum Gasteiger partial charge on any atom is 0.322 e. The molecule has 0 saturated heterocycles. The smallest absolute Gasteiger partial charge is 0.322 e. The first kappa shape index (κ1) is 16.9. The largest absolute Gasteiger partial charge is 0.345 e. The van der Waals surface area contributed by atoms with Crippen LogP contribution in [0.4, 0.5) is 10.5 Å². The van der Waals surface area contributed by atoms with E-state index in [4.69, 9.17) is 11.6 Å². The number of halogens is 1. The minimum absolute atomic E-state index is 0.0570. The summed E-state index contributed by atoms with van der Waals surface area (Å²) in [5.74, 6) is 0. The van der Waals surface area contributed by atoms with E-state index in [1.165, 1.54) is 11.4 Å². The van der Waals surface area contributed by atoms with Gasteiger partial charge in [0, 0.05) is 35.2 Å². The number of urea groups is 1. The highest BCUT2D eigenvalue weighted by atomic mass is 35.5. The number of aromatic nitrogens is 1. The zero-order valence-corrected chi connectivity index (χ0v) is 15.2. The average molecular weight is 346 g/mol. The molecule has 0 unspecified atom stereocenters. The van der Waals surface area contributed by atoms with E-state index in [0.717, 1.165) is 37.2 Å². The van der Waals surface area contributed by atoms with Gasteiger partial charge in [-0.05, 0) is 50.1 Å². The Balaban J connectivity index is 1.81. The van der Waals surface area contributed by atoms with Crippen molar-refractivity contribution in [2.24, 2.45) is 0 Å². The van der Waals surface area contributed by atoms with E-state index in [2.05, 4.69) is 35.9 Å². The number of nitrogens with one attached hydrogen (secondary N) is 1. The molecule has 1 aromatic heterocycles. The molecule has 0 aliphatic carbocycles. The Kier molecular flexibility index (Phi) is 4.86. The van der Waals surface area contributed by atoms with Crippen molar-refractivity contribution in [3.05, 3.63) is 52.3 Å². The van der Waals surface area contributed by atoms with E-state index in [9.17, 15) is 4.79 Å². The van der Waals surface area contributed by atoms with Crippen LogP contribution in [-0.4, -0.2) is 22.0 Å². The third-order valence-corrected chi connectivity index (χ3v) is 5.17. The summed E-state index contributed by atoms with van der Waals surface area (Å²) < 4.78 is 2.33. The third kappa shape index (κ3) is 3.16. The fourth-order valence-electron chi connectivity index (χ4n) is 3.40. The number of aryl methyl sites for hydroxylation is 2. The quantitative estimate of drug-likeness (QED) is 0.820. The molecule has 128 valence electrons. The molecular formula is C19H24ClN3O. The van der Waals surface area contributed by atoms with E-state index in [1.54, 1.807) is 6.07 Å². The van der Waals surface area contributed by atoms with Crippen molar-refractivity contribution in [3.8, 4) is 0 Å². The highest BCUT2D eigenvalue weighted by Crippen LogP contribution is 2.32. The minimum Gasteiger partial charge on any atom is -0.345 e. The van der Waals surface area contributed by atoms with Gasteiger partial charge in [0.15, 0.2) is 0 Å². The molecular weight excluding hydrogens is 322 g/mol. The number of rotatable bonds is 3. The van der Waals surface area contributed by atoms with Gasteiger partial charge in [-0.15, -0.1) is 0 Å². The molecule has 2 aromatic rings. The summed E-state index contributed by atoms with van der Waals surface area (Å²) in [5, 5.41) is 3.67. The SMILES string of the molecule is CCC[C@@H]1c2ccc(C)n2CCN1C(=O)Nc1ccc(C)c(Cl)c1. The summed E-state index contributed by atoms with van der Waals surface area (Å²) >= 11 is 6.16. The van der Waals surface area contributed by atoms with Crippen molar-refractivity contribution < 1.29 is 4.79 Å². The molecule has 0 fully saturated rings. The van der Waals surface area contributed by atoms with E-state index in [-0.39, 0.29) is 12.1 Å². The summed E-state index contributed by atoms with van der Waals surface area (Å²) in [7, 11) is 0. The van der Waals surface area contributed by atoms with Crippen molar-refractivity contribution in [2.75, 3.05) is 11.9 Å². The Labute approximate surface area is 148 Å². The van der Waals surface area contributed by atoms with E-state index in [1.807, 2.05) is 24.0 Å². The number of anilines is 1. The number of nitrogens with zero attached hydrogens (tertiary/aromatic N) is 2. The molecule has 1 aliphatic rings. The number of hydrogen-bond acceptors (Lipinski definition) is 1. The normalized spacial score (nSPS) is 16.8. The lowest BCUT2D eigenvalue weighted by Gasteiger charge is -2.37. The molecule has 4 nitrogen and oxygen atoms in total. The second-order valence-corrected chi connectivity index (χ2v) is 6.85. The molecule has 0 bridgehead atoms. The molecule has 1 N–H and O–H groups in total. The summed E-state index contributed by atoms with van der Waals surface area (Å²) in [6.07, 6.45) is 2.00. The lowest BCUT2D eigenvalue weighted by atomic mass is 10.0. The fraction of sp³-hybridized carbons (Fsp3) is 0.421. The predicted molar refractivity (Wildman–Crippen MR) is 98.7 cm³/mol. The number of carbonyl (C=O) groups excluding carboxylic acids is 1. The zero-order chi connectivity index (χ0) is 17.3. The topological polar surface area (TPSA) is 37.3 Å². The molecule has 2 amide bonds. The van der Waals surface area contributed by atoms with Gasteiger partial charge in [0.2, 0.25) is 0 Å². The van der Waals surface area contributed by atoms with Gasteiger partial charge in [-0.1, -0.05) is 31.0 Å². The van der Waals surface area contributed by atoms with Gasteiger partial charge in [0.1, 0.15) is 0 Å². The van der Waals surface area contributed by atoms with Gasteiger partial charge in [0.25, 0.3) is 0 Å². The van der Waals surface area contributed by atoms with Crippen molar-refractivity contribution in [2.45, 2.75) is 46.2 Å². The molecule has 1 aliphatic heterocycles. The second kappa shape index (κ2) is 6.89. The maximum atomic E-state index is 12.8. The van der Waals surface area contributed by atoms with E-state index < -0.39 is 0 Å². The third-order valence-electron chi connectivity index (χ3n) is 4.76. The first-order chi connectivity index (χ1) is 11.5. The predicted octanol–water partition coefficient (Wildman–Crippen LogP) is 5.15. The first-order valence-electron chi connectivity index (χ1n) is 8.51. The van der Waals surface area contributed by atoms with Crippen molar-refractivity contribution in [1.29, 1.82) is 0 Å². The van der Waals surface area contributed by atoms with Crippen LogP contribution in [0.2, 0.25) is 5.02 Å². The van der Waals surface area contributed by atoms with Gasteiger partial charge in [-0.2, -0.15) is 0 Å². The Morgan fingerprint density at radius 1 is 1.25 bits per heavy atom. The maximum absolute atomic E-state index is 12.8. The van der Waals surface area contributed by atoms with Crippen LogP contribution in [0.25, 0.3) is 0 Å². The van der Waals surface area contributed by atoms with Crippen LogP contribution in [0.5, 0.6) is 0 Å². The van der Waals surface area contributed by atoms with E-state index in [0.29, 0.717) is 5.02 Å². The van der Waals surface area contributed by atoms with Crippen LogP contribution >= 0.6 is 11.6 Å². The number of fused-ring (bicyclic) bond motifs is 1. The first-order valence-corrected chi connectivity index (χ1v) is 8.89. The number of hydrogen-bond donors (Lipinski definition) is 1. The average Bonchev–Trinajstić information content (AvgIpc) is 2.93. The summed E-state index contributed by atoms with van der Waals surface area (Å²) in [4.78, 5) is 14.8. The Morgan fingerprint density at radius 2 is 2.04 bits per heavy atom. The van der Waals surface area contributed by atoms with Crippen LogP contribution in [-0.2, 0) is 6.54 Å². The van der Waals surface area contributed by atoms with Crippen molar-refractivity contribution >= 4 is 23.3 Å². The summed E-state index contributed by atoms with van der Waals surface area (Å²) in [6.45, 7) is 7.79. The van der Waals surface area contributed by atoms with Crippen molar-refractivity contribution in [3.63, 3.8) is 0 Å². The van der Waals surface area contributed by atoms with Gasteiger partial charge in [-0.3, -0.25) is 0 Å². The molecule has 0 radical (unpaired) electrons. The molecule has 2 heterocycles. The Morgan fingerprint density at radius 3 is 2.75 bits per heavy atom. The number of carbonyl (C=O) groups is 1. The summed E-state index contributed by atoms with van der Waals surface area (Å²) in [6, 6.07) is 9.98. The van der Waals surface area contributed by atoms with Gasteiger partial charge < -0.3 is 14.8 Å². The zero-order valence-electron chi connectivity index (χ0n) is 14.5. The Bertz CT molecular complexity index is 753. The fourth-order valence-corrected chi connectivity index (χ4v) is 3.58. The highest BCUT2D eigenvalue weighted by molar-refractivity contribution is 6.31.